The average molecular weight is 291 g/mol. The van der Waals surface area contributed by atoms with Gasteiger partial charge in [-0.2, -0.15) is 5.26 Å². The fourth-order valence-corrected chi connectivity index (χ4v) is 1.83. The maximum atomic E-state index is 13.9. The molecule has 0 atom stereocenters. The fourth-order valence-electron chi connectivity index (χ4n) is 1.61. The van der Waals surface area contributed by atoms with Crippen molar-refractivity contribution in [2.24, 2.45) is 0 Å². The normalized spacial score (nSPS) is 9.90. The van der Waals surface area contributed by atoms with Gasteiger partial charge < -0.3 is 4.74 Å². The van der Waals surface area contributed by atoms with E-state index in [1.165, 1.54) is 19.2 Å². The monoisotopic (exact) mass is 290 g/mol. The van der Waals surface area contributed by atoms with Crippen molar-refractivity contribution >= 4 is 17.6 Å². The molecule has 0 saturated carbocycles. The number of carbonyl (C=O) groups is 1. The summed E-state index contributed by atoms with van der Waals surface area (Å²) in [6.45, 7) is 0. The van der Waals surface area contributed by atoms with Crippen LogP contribution >= 0.6 is 11.6 Å². The second-order valence-corrected chi connectivity index (χ2v) is 4.24. The highest BCUT2D eigenvalue weighted by Gasteiger charge is 2.18. The zero-order chi connectivity index (χ0) is 14.7. The quantitative estimate of drug-likeness (QED) is 0.797. The molecule has 2 rings (SSSR count). The molecule has 0 N–H and O–H groups in total. The van der Waals surface area contributed by atoms with Crippen LogP contribution < -0.4 is 0 Å². The van der Waals surface area contributed by atoms with E-state index in [-0.39, 0.29) is 16.4 Å². The lowest BCUT2D eigenvalue weighted by molar-refractivity contribution is 0.0594. The number of methoxy groups -OCH3 is 1. The summed E-state index contributed by atoms with van der Waals surface area (Å²) in [5.41, 5.74) is 0.689. The van der Waals surface area contributed by atoms with Crippen LogP contribution in [0, 0.1) is 17.1 Å². The number of halogens is 2. The summed E-state index contributed by atoms with van der Waals surface area (Å²) in [5, 5.41) is 8.60. The van der Waals surface area contributed by atoms with Crippen LogP contribution in [0.2, 0.25) is 5.02 Å². The van der Waals surface area contributed by atoms with Gasteiger partial charge in [0.05, 0.1) is 23.8 Å². The number of benzene rings is 1. The largest absolute Gasteiger partial charge is 0.464 e. The molecular formula is C14H8ClFN2O2. The van der Waals surface area contributed by atoms with Crippen LogP contribution in [0.3, 0.4) is 0 Å². The molecule has 0 aliphatic heterocycles. The SMILES string of the molecule is COC(=O)c1nc(-c2ccc(C#N)cc2)c(F)cc1Cl. The first-order valence-electron chi connectivity index (χ1n) is 5.51. The summed E-state index contributed by atoms with van der Waals surface area (Å²) in [4.78, 5) is 15.4. The van der Waals surface area contributed by atoms with Gasteiger partial charge in [-0.25, -0.2) is 14.2 Å². The predicted octanol–water partition coefficient (Wildman–Crippen LogP) is 3.20. The Morgan fingerprint density at radius 3 is 2.60 bits per heavy atom. The molecule has 0 amide bonds. The van der Waals surface area contributed by atoms with Crippen LogP contribution in [0.5, 0.6) is 0 Å². The second kappa shape index (κ2) is 5.68. The Morgan fingerprint density at radius 2 is 2.05 bits per heavy atom. The van der Waals surface area contributed by atoms with Crippen molar-refractivity contribution in [2.75, 3.05) is 7.11 Å². The van der Waals surface area contributed by atoms with Gasteiger partial charge in [-0.1, -0.05) is 23.7 Å². The Labute approximate surface area is 119 Å². The van der Waals surface area contributed by atoms with Crippen LogP contribution in [-0.2, 0) is 4.74 Å². The molecule has 6 heteroatoms. The van der Waals surface area contributed by atoms with E-state index in [1.807, 2.05) is 6.07 Å². The van der Waals surface area contributed by atoms with E-state index in [0.717, 1.165) is 6.07 Å². The van der Waals surface area contributed by atoms with Crippen molar-refractivity contribution in [1.29, 1.82) is 5.26 Å². The number of carbonyl (C=O) groups excluding carboxylic acids is 1. The molecule has 2 aromatic rings. The number of ether oxygens (including phenoxy) is 1. The Hall–Kier alpha value is -2.45. The van der Waals surface area contributed by atoms with E-state index < -0.39 is 11.8 Å². The van der Waals surface area contributed by atoms with Crippen molar-refractivity contribution < 1.29 is 13.9 Å². The van der Waals surface area contributed by atoms with Crippen LogP contribution in [0.4, 0.5) is 4.39 Å². The number of nitriles is 1. The number of aromatic nitrogens is 1. The van der Waals surface area contributed by atoms with E-state index in [0.29, 0.717) is 11.1 Å². The van der Waals surface area contributed by atoms with Gasteiger partial charge in [-0.3, -0.25) is 0 Å². The minimum absolute atomic E-state index is 0.0284. The molecule has 0 unspecified atom stereocenters. The highest BCUT2D eigenvalue weighted by Crippen LogP contribution is 2.26. The Morgan fingerprint density at radius 1 is 1.40 bits per heavy atom. The van der Waals surface area contributed by atoms with E-state index in [4.69, 9.17) is 16.9 Å². The standard InChI is InChI=1S/C14H8ClFN2O2/c1-20-14(19)13-10(15)6-11(16)12(18-13)9-4-2-8(7-17)3-5-9/h2-6H,1H3. The van der Waals surface area contributed by atoms with Crippen molar-refractivity contribution in [2.45, 2.75) is 0 Å². The maximum absolute atomic E-state index is 13.9. The van der Waals surface area contributed by atoms with Crippen LogP contribution in [0.25, 0.3) is 11.3 Å². The number of rotatable bonds is 2. The number of nitrogens with zero attached hydrogens (tertiary/aromatic N) is 2. The fraction of sp³-hybridized carbons (Fsp3) is 0.0714. The van der Waals surface area contributed by atoms with Gasteiger partial charge in [0.1, 0.15) is 5.69 Å². The molecule has 0 fully saturated rings. The number of hydrogen-bond donors (Lipinski definition) is 0. The van der Waals surface area contributed by atoms with Crippen molar-refractivity contribution in [1.82, 2.24) is 4.98 Å². The van der Waals surface area contributed by atoms with E-state index in [2.05, 4.69) is 9.72 Å². The molecule has 0 bridgehead atoms. The third-order valence-electron chi connectivity index (χ3n) is 2.60. The molecule has 1 aromatic heterocycles. The molecule has 20 heavy (non-hydrogen) atoms. The van der Waals surface area contributed by atoms with Gasteiger partial charge in [0.15, 0.2) is 11.5 Å². The molecule has 100 valence electrons. The summed E-state index contributed by atoms with van der Waals surface area (Å²) in [6.07, 6.45) is 0. The molecule has 0 spiro atoms. The molecule has 1 aromatic carbocycles. The highest BCUT2D eigenvalue weighted by molar-refractivity contribution is 6.33. The average Bonchev–Trinajstić information content (AvgIpc) is 2.47. The molecule has 0 aliphatic rings. The van der Waals surface area contributed by atoms with Crippen molar-refractivity contribution in [3.63, 3.8) is 0 Å². The topological polar surface area (TPSA) is 63.0 Å². The molecule has 0 saturated heterocycles. The van der Waals surface area contributed by atoms with Crippen LogP contribution in [-0.4, -0.2) is 18.1 Å². The van der Waals surface area contributed by atoms with Gasteiger partial charge in [-0.15, -0.1) is 0 Å². The van der Waals surface area contributed by atoms with E-state index in [9.17, 15) is 9.18 Å². The number of hydrogen-bond acceptors (Lipinski definition) is 4. The smallest absolute Gasteiger partial charge is 0.358 e. The van der Waals surface area contributed by atoms with Gasteiger partial charge in [0, 0.05) is 5.56 Å². The lowest BCUT2D eigenvalue weighted by Gasteiger charge is -2.07. The summed E-state index contributed by atoms with van der Waals surface area (Å²) in [5.74, 6) is -1.41. The molecule has 4 nitrogen and oxygen atoms in total. The summed E-state index contributed by atoms with van der Waals surface area (Å²) >= 11 is 5.76. The van der Waals surface area contributed by atoms with E-state index in [1.54, 1.807) is 12.1 Å². The third kappa shape index (κ3) is 2.60. The van der Waals surface area contributed by atoms with Gasteiger partial charge >= 0.3 is 5.97 Å². The molecule has 0 aliphatic carbocycles. The lowest BCUT2D eigenvalue weighted by atomic mass is 10.1. The van der Waals surface area contributed by atoms with Crippen LogP contribution in [0.15, 0.2) is 30.3 Å². The lowest BCUT2D eigenvalue weighted by Crippen LogP contribution is -2.07. The minimum Gasteiger partial charge on any atom is -0.464 e. The predicted molar refractivity (Wildman–Crippen MR) is 70.7 cm³/mol. The first kappa shape index (κ1) is 14.0. The number of esters is 1. The van der Waals surface area contributed by atoms with Gasteiger partial charge in [0.25, 0.3) is 0 Å². The van der Waals surface area contributed by atoms with Crippen LogP contribution in [0.1, 0.15) is 16.1 Å². The maximum Gasteiger partial charge on any atom is 0.358 e. The summed E-state index contributed by atoms with van der Waals surface area (Å²) in [7, 11) is 1.19. The van der Waals surface area contributed by atoms with Gasteiger partial charge in [0.2, 0.25) is 0 Å². The Balaban J connectivity index is 2.55. The van der Waals surface area contributed by atoms with Crippen molar-refractivity contribution in [3.8, 4) is 17.3 Å². The summed E-state index contributed by atoms with van der Waals surface area (Å²) in [6, 6.07) is 9.11. The Kier molecular flexibility index (Phi) is 3.97. The molecule has 1 heterocycles. The molecular weight excluding hydrogens is 283 g/mol. The Bertz CT molecular complexity index is 708. The molecule has 0 radical (unpaired) electrons. The first-order chi connectivity index (χ1) is 9.56. The zero-order valence-corrected chi connectivity index (χ0v) is 11.1. The zero-order valence-electron chi connectivity index (χ0n) is 10.4. The number of pyridine rings is 1. The van der Waals surface area contributed by atoms with Crippen molar-refractivity contribution in [3.05, 3.63) is 52.4 Å². The third-order valence-corrected chi connectivity index (χ3v) is 2.88. The first-order valence-corrected chi connectivity index (χ1v) is 5.89. The highest BCUT2D eigenvalue weighted by atomic mass is 35.5. The summed E-state index contributed by atoms with van der Waals surface area (Å²) < 4.78 is 18.4. The van der Waals surface area contributed by atoms with E-state index >= 15 is 0 Å². The second-order valence-electron chi connectivity index (χ2n) is 3.83. The minimum atomic E-state index is -0.745. The van der Waals surface area contributed by atoms with Gasteiger partial charge in [-0.05, 0) is 18.2 Å².